The van der Waals surface area contributed by atoms with Crippen molar-refractivity contribution < 1.29 is 34.1 Å². The van der Waals surface area contributed by atoms with Crippen molar-refractivity contribution >= 4 is 17.9 Å². The summed E-state index contributed by atoms with van der Waals surface area (Å²) in [6, 6.07) is 0. The van der Waals surface area contributed by atoms with Gasteiger partial charge in [-0.15, -0.1) is 0 Å². The van der Waals surface area contributed by atoms with Crippen molar-refractivity contribution in [2.45, 2.75) is 302 Å². The van der Waals surface area contributed by atoms with Gasteiger partial charge in [0.05, 0.1) is 0 Å². The van der Waals surface area contributed by atoms with E-state index in [1.807, 2.05) is 0 Å². The minimum absolute atomic E-state index is 0.152. The van der Waals surface area contributed by atoms with Crippen molar-refractivity contribution in [1.82, 2.24) is 0 Å². The van der Waals surface area contributed by atoms with Gasteiger partial charge in [0.2, 0.25) is 0 Å². The Kier molecular flexibility index (Phi) is 49.6. The summed E-state index contributed by atoms with van der Waals surface area (Å²) in [6.45, 7) is 4.39. The van der Waals surface area contributed by atoms with Crippen LogP contribution in [-0.4, -0.2) is 46.9 Å². The molecular formula is C57H104O7. The number of carboxylic acids is 1. The first kappa shape index (κ1) is 61.6. The van der Waals surface area contributed by atoms with Crippen LogP contribution in [0, 0.1) is 0 Å². The predicted molar refractivity (Wildman–Crippen MR) is 272 cm³/mol. The van der Waals surface area contributed by atoms with Gasteiger partial charge in [-0.3, -0.25) is 14.4 Å². The van der Waals surface area contributed by atoms with Crippen LogP contribution in [0.25, 0.3) is 0 Å². The molecule has 2 unspecified atom stereocenters. The van der Waals surface area contributed by atoms with Gasteiger partial charge in [0.25, 0.3) is 0 Å². The third-order valence-electron chi connectivity index (χ3n) is 12.5. The highest BCUT2D eigenvalue weighted by molar-refractivity contribution is 5.70. The second-order valence-corrected chi connectivity index (χ2v) is 18.8. The summed E-state index contributed by atoms with van der Waals surface area (Å²) in [6.07, 6.45) is 59.4. The van der Waals surface area contributed by atoms with E-state index in [-0.39, 0.29) is 25.0 Å². The molecule has 0 aromatic carbocycles. The van der Waals surface area contributed by atoms with Crippen LogP contribution in [0.3, 0.4) is 0 Å². The quantitative estimate of drug-likeness (QED) is 0.0355. The minimum atomic E-state index is -1.05. The summed E-state index contributed by atoms with van der Waals surface area (Å²) in [5.41, 5.74) is 0. The number of aliphatic carboxylic acids is 1. The molecule has 7 nitrogen and oxygen atoms in total. The third kappa shape index (κ3) is 49.0. The van der Waals surface area contributed by atoms with Crippen molar-refractivity contribution in [1.29, 1.82) is 0 Å². The van der Waals surface area contributed by atoms with Crippen molar-refractivity contribution in [3.8, 4) is 0 Å². The maximum Gasteiger partial charge on any atom is 0.306 e. The molecular weight excluding hydrogens is 797 g/mol. The first-order valence-electron chi connectivity index (χ1n) is 27.6. The van der Waals surface area contributed by atoms with Gasteiger partial charge < -0.3 is 19.7 Å². The molecule has 0 aliphatic carbocycles. The van der Waals surface area contributed by atoms with E-state index in [9.17, 15) is 19.5 Å². The molecule has 0 aromatic rings. The lowest BCUT2D eigenvalue weighted by molar-refractivity contribution is -0.161. The van der Waals surface area contributed by atoms with Crippen molar-refractivity contribution in [3.63, 3.8) is 0 Å². The lowest BCUT2D eigenvalue weighted by atomic mass is 10.0. The van der Waals surface area contributed by atoms with Crippen LogP contribution in [0.4, 0.5) is 0 Å². The molecule has 0 saturated carbocycles. The monoisotopic (exact) mass is 901 g/mol. The second kappa shape index (κ2) is 51.6. The summed E-state index contributed by atoms with van der Waals surface area (Å²) < 4.78 is 11.3. The zero-order valence-electron chi connectivity index (χ0n) is 42.2. The standard InChI is InChI=1S/C57H104O7/c1-3-5-7-9-11-13-15-17-20-26-30-34-38-42-46-50-56(61)63-52-53(58)54(48-44-40-36-32-28-24-22-19-23-25-29-33-37-41-45-49-55(59)60)64-57(62)51-47-43-39-35-31-27-21-18-16-14-12-10-8-6-4-2/h19,23-24,28,36,40,53-54,58H,3-18,20-22,25-27,29-35,37-39,41-52H2,1-2H3,(H,59,60). The fourth-order valence-corrected chi connectivity index (χ4v) is 8.30. The molecule has 0 bridgehead atoms. The van der Waals surface area contributed by atoms with E-state index in [0.29, 0.717) is 25.7 Å². The molecule has 0 spiro atoms. The lowest BCUT2D eigenvalue weighted by Gasteiger charge is -2.23. The first-order chi connectivity index (χ1) is 31.4. The molecule has 0 aliphatic rings. The van der Waals surface area contributed by atoms with Crippen LogP contribution < -0.4 is 0 Å². The first-order valence-corrected chi connectivity index (χ1v) is 27.6. The normalized spacial score (nSPS) is 12.8. The SMILES string of the molecule is CCCCCCCCCCCCCCCCCC(=O)OCC(O)C(CCC=CCC=CCC=CCCCCCCCC(=O)O)OC(=O)CCCCCCCCCCCCCCCCC. The Bertz CT molecular complexity index is 1100. The number of rotatable bonds is 51. The van der Waals surface area contributed by atoms with Crippen LogP contribution in [-0.2, 0) is 23.9 Å². The number of carbonyl (C=O) groups excluding carboxylic acids is 2. The minimum Gasteiger partial charge on any atom is -0.481 e. The molecule has 0 aliphatic heterocycles. The summed E-state index contributed by atoms with van der Waals surface area (Å²) in [5.74, 6) is -1.27. The number of esters is 2. The van der Waals surface area contributed by atoms with E-state index in [1.165, 1.54) is 154 Å². The molecule has 0 saturated heterocycles. The Balaban J connectivity index is 4.45. The highest BCUT2D eigenvalue weighted by Gasteiger charge is 2.24. The lowest BCUT2D eigenvalue weighted by Crippen LogP contribution is -2.35. The van der Waals surface area contributed by atoms with Gasteiger partial charge in [-0.2, -0.15) is 0 Å². The number of hydrogen-bond donors (Lipinski definition) is 2. The van der Waals surface area contributed by atoms with Gasteiger partial charge in [-0.05, 0) is 57.8 Å². The van der Waals surface area contributed by atoms with Crippen molar-refractivity contribution in [2.24, 2.45) is 0 Å². The molecule has 0 amide bonds. The number of unbranched alkanes of at least 4 members (excludes halogenated alkanes) is 33. The van der Waals surface area contributed by atoms with Crippen LogP contribution in [0.15, 0.2) is 36.5 Å². The van der Waals surface area contributed by atoms with Crippen molar-refractivity contribution in [2.75, 3.05) is 6.61 Å². The Morgan fingerprint density at radius 2 is 0.734 bits per heavy atom. The number of aliphatic hydroxyl groups is 1. The van der Waals surface area contributed by atoms with Gasteiger partial charge in [0.15, 0.2) is 0 Å². The average Bonchev–Trinajstić information content (AvgIpc) is 3.28. The van der Waals surface area contributed by atoms with Gasteiger partial charge in [0, 0.05) is 19.3 Å². The van der Waals surface area contributed by atoms with Crippen LogP contribution in [0.1, 0.15) is 290 Å². The van der Waals surface area contributed by atoms with E-state index < -0.39 is 18.2 Å². The molecule has 64 heavy (non-hydrogen) atoms. The largest absolute Gasteiger partial charge is 0.481 e. The van der Waals surface area contributed by atoms with E-state index >= 15 is 0 Å². The van der Waals surface area contributed by atoms with E-state index in [4.69, 9.17) is 14.6 Å². The molecule has 0 rings (SSSR count). The van der Waals surface area contributed by atoms with Gasteiger partial charge in [0.1, 0.15) is 18.8 Å². The van der Waals surface area contributed by atoms with E-state index in [2.05, 4.69) is 50.3 Å². The smallest absolute Gasteiger partial charge is 0.306 e. The second-order valence-electron chi connectivity index (χ2n) is 18.8. The number of aliphatic hydroxyl groups excluding tert-OH is 1. The van der Waals surface area contributed by atoms with E-state index in [0.717, 1.165) is 89.9 Å². The van der Waals surface area contributed by atoms with Crippen LogP contribution in [0.5, 0.6) is 0 Å². The summed E-state index contributed by atoms with van der Waals surface area (Å²) in [5, 5.41) is 19.8. The maximum absolute atomic E-state index is 12.9. The number of ether oxygens (including phenoxy) is 2. The average molecular weight is 901 g/mol. The Labute approximate surface area is 395 Å². The zero-order chi connectivity index (χ0) is 46.7. The van der Waals surface area contributed by atoms with Gasteiger partial charge in [-0.1, -0.05) is 249 Å². The molecule has 7 heteroatoms. The number of allylic oxidation sites excluding steroid dienone is 6. The Hall–Kier alpha value is -2.41. The Morgan fingerprint density at radius 3 is 1.14 bits per heavy atom. The topological polar surface area (TPSA) is 110 Å². The van der Waals surface area contributed by atoms with Crippen LogP contribution >= 0.6 is 0 Å². The fraction of sp³-hybridized carbons (Fsp3) is 0.842. The molecule has 0 fully saturated rings. The Morgan fingerprint density at radius 1 is 0.406 bits per heavy atom. The highest BCUT2D eigenvalue weighted by Crippen LogP contribution is 2.18. The fourth-order valence-electron chi connectivity index (χ4n) is 8.30. The van der Waals surface area contributed by atoms with E-state index in [1.54, 1.807) is 0 Å². The molecule has 374 valence electrons. The number of carbonyl (C=O) groups is 3. The molecule has 2 atom stereocenters. The maximum atomic E-state index is 12.9. The third-order valence-corrected chi connectivity index (χ3v) is 12.5. The summed E-state index contributed by atoms with van der Waals surface area (Å²) in [7, 11) is 0. The number of hydrogen-bond acceptors (Lipinski definition) is 6. The molecule has 0 radical (unpaired) electrons. The number of carboxylic acid groups (broad SMARTS) is 1. The van der Waals surface area contributed by atoms with Crippen molar-refractivity contribution in [3.05, 3.63) is 36.5 Å². The molecule has 0 heterocycles. The molecule has 0 aromatic heterocycles. The molecule has 2 N–H and O–H groups in total. The van der Waals surface area contributed by atoms with Crippen LogP contribution in [0.2, 0.25) is 0 Å². The van der Waals surface area contributed by atoms with Gasteiger partial charge >= 0.3 is 17.9 Å². The highest BCUT2D eigenvalue weighted by atomic mass is 16.6. The summed E-state index contributed by atoms with van der Waals surface area (Å²) in [4.78, 5) is 36.0. The zero-order valence-corrected chi connectivity index (χ0v) is 42.2. The van der Waals surface area contributed by atoms with Gasteiger partial charge in [-0.25, -0.2) is 0 Å². The summed E-state index contributed by atoms with van der Waals surface area (Å²) >= 11 is 0. The predicted octanol–water partition coefficient (Wildman–Crippen LogP) is 17.4.